The molecule has 2 aromatic carbocycles. The molecule has 0 aliphatic carbocycles. The molecular formula is C18H22FN3O. The predicted molar refractivity (Wildman–Crippen MR) is 91.2 cm³/mol. The fourth-order valence-corrected chi connectivity index (χ4v) is 2.00. The third-order valence-corrected chi connectivity index (χ3v) is 3.06. The highest BCUT2D eigenvalue weighted by Gasteiger charge is 1.99. The van der Waals surface area contributed by atoms with Crippen molar-refractivity contribution in [3.05, 3.63) is 66.0 Å². The quantitative estimate of drug-likeness (QED) is 0.469. The van der Waals surface area contributed by atoms with Gasteiger partial charge < -0.3 is 15.4 Å². The minimum absolute atomic E-state index is 0.244. The van der Waals surface area contributed by atoms with Crippen LogP contribution < -0.4 is 15.4 Å². The van der Waals surface area contributed by atoms with Gasteiger partial charge in [0.15, 0.2) is 5.96 Å². The van der Waals surface area contributed by atoms with Crippen molar-refractivity contribution in [1.82, 2.24) is 10.6 Å². The summed E-state index contributed by atoms with van der Waals surface area (Å²) in [4.78, 5) is 4.44. The number of nitrogens with one attached hydrogen (secondary N) is 2. The highest BCUT2D eigenvalue weighted by molar-refractivity contribution is 5.79. The minimum Gasteiger partial charge on any atom is -0.492 e. The van der Waals surface area contributed by atoms with Crippen molar-refractivity contribution < 1.29 is 9.13 Å². The lowest BCUT2D eigenvalue weighted by molar-refractivity contribution is 0.322. The van der Waals surface area contributed by atoms with Crippen LogP contribution in [0.25, 0.3) is 0 Å². The van der Waals surface area contributed by atoms with Crippen LogP contribution in [0.2, 0.25) is 0 Å². The zero-order valence-electron chi connectivity index (χ0n) is 13.3. The third kappa shape index (κ3) is 6.38. The number of ether oxygens (including phenoxy) is 1. The van der Waals surface area contributed by atoms with Gasteiger partial charge in [-0.25, -0.2) is 9.38 Å². The van der Waals surface area contributed by atoms with Crippen LogP contribution >= 0.6 is 0 Å². The number of aliphatic imine (C=N–C) groups is 1. The summed E-state index contributed by atoms with van der Waals surface area (Å²) in [5.74, 6) is 1.29. The SMILES string of the molecule is CCNC(=NCc1cccc(F)c1)NCCOc1ccccc1. The molecular weight excluding hydrogens is 293 g/mol. The molecule has 2 aromatic rings. The summed E-state index contributed by atoms with van der Waals surface area (Å²) in [5.41, 5.74) is 0.836. The molecule has 0 aliphatic heterocycles. The number of hydrogen-bond donors (Lipinski definition) is 2. The van der Waals surface area contributed by atoms with Crippen LogP contribution in [-0.2, 0) is 6.54 Å². The maximum Gasteiger partial charge on any atom is 0.191 e. The van der Waals surface area contributed by atoms with Gasteiger partial charge in [0.2, 0.25) is 0 Å². The van der Waals surface area contributed by atoms with Crippen LogP contribution in [0, 0.1) is 5.82 Å². The summed E-state index contributed by atoms with van der Waals surface area (Å²) in [5, 5.41) is 6.35. The Kier molecular flexibility index (Phi) is 6.91. The molecule has 4 nitrogen and oxygen atoms in total. The normalized spacial score (nSPS) is 11.1. The van der Waals surface area contributed by atoms with E-state index in [1.807, 2.05) is 43.3 Å². The number of halogens is 1. The lowest BCUT2D eigenvalue weighted by atomic mass is 10.2. The molecule has 0 aromatic heterocycles. The number of para-hydroxylation sites is 1. The van der Waals surface area contributed by atoms with E-state index in [4.69, 9.17) is 4.74 Å². The number of guanidine groups is 1. The Hall–Kier alpha value is -2.56. The molecule has 0 spiro atoms. The van der Waals surface area contributed by atoms with Gasteiger partial charge in [0.1, 0.15) is 18.2 Å². The molecule has 0 heterocycles. The fraction of sp³-hybridized carbons (Fsp3) is 0.278. The average molecular weight is 315 g/mol. The summed E-state index contributed by atoms with van der Waals surface area (Å²) in [6, 6.07) is 16.1. The molecule has 0 amide bonds. The maximum atomic E-state index is 13.2. The first-order valence-corrected chi connectivity index (χ1v) is 7.72. The number of nitrogens with zero attached hydrogens (tertiary/aromatic N) is 1. The van der Waals surface area contributed by atoms with Crippen LogP contribution in [0.5, 0.6) is 5.75 Å². The second kappa shape index (κ2) is 9.46. The molecule has 0 unspecified atom stereocenters. The molecule has 122 valence electrons. The van der Waals surface area contributed by atoms with Gasteiger partial charge >= 0.3 is 0 Å². The second-order valence-electron chi connectivity index (χ2n) is 4.91. The van der Waals surface area contributed by atoms with E-state index >= 15 is 0 Å². The minimum atomic E-state index is -0.244. The lowest BCUT2D eigenvalue weighted by Crippen LogP contribution is -2.39. The van der Waals surface area contributed by atoms with Crippen LogP contribution in [0.15, 0.2) is 59.6 Å². The topological polar surface area (TPSA) is 45.7 Å². The summed E-state index contributed by atoms with van der Waals surface area (Å²) < 4.78 is 18.8. The number of benzene rings is 2. The highest BCUT2D eigenvalue weighted by Crippen LogP contribution is 2.07. The first-order valence-electron chi connectivity index (χ1n) is 7.72. The van der Waals surface area contributed by atoms with Gasteiger partial charge in [-0.05, 0) is 36.8 Å². The fourth-order valence-electron chi connectivity index (χ4n) is 2.00. The third-order valence-electron chi connectivity index (χ3n) is 3.06. The van der Waals surface area contributed by atoms with Gasteiger partial charge in [-0.3, -0.25) is 0 Å². The summed E-state index contributed by atoms with van der Waals surface area (Å²) in [6.45, 7) is 4.35. The average Bonchev–Trinajstić information content (AvgIpc) is 2.57. The van der Waals surface area contributed by atoms with Gasteiger partial charge in [-0.15, -0.1) is 0 Å². The van der Waals surface area contributed by atoms with Gasteiger partial charge in [0.05, 0.1) is 13.1 Å². The molecule has 5 heteroatoms. The first kappa shape index (κ1) is 16.8. The second-order valence-corrected chi connectivity index (χ2v) is 4.91. The monoisotopic (exact) mass is 315 g/mol. The van der Waals surface area contributed by atoms with Crippen molar-refractivity contribution in [1.29, 1.82) is 0 Å². The Balaban J connectivity index is 1.79. The molecule has 0 atom stereocenters. The van der Waals surface area contributed by atoms with Crippen molar-refractivity contribution in [3.8, 4) is 5.75 Å². The zero-order chi connectivity index (χ0) is 16.3. The standard InChI is InChI=1S/C18H22FN3O/c1-2-20-18(22-14-15-7-6-8-16(19)13-15)21-11-12-23-17-9-4-3-5-10-17/h3-10,13H,2,11-12,14H2,1H3,(H2,20,21,22). The van der Waals surface area contributed by atoms with E-state index in [1.54, 1.807) is 6.07 Å². The smallest absolute Gasteiger partial charge is 0.191 e. The van der Waals surface area contributed by atoms with E-state index in [0.29, 0.717) is 25.7 Å². The van der Waals surface area contributed by atoms with Crippen LogP contribution in [0.4, 0.5) is 4.39 Å². The van der Waals surface area contributed by atoms with E-state index in [2.05, 4.69) is 15.6 Å². The van der Waals surface area contributed by atoms with Gasteiger partial charge in [-0.2, -0.15) is 0 Å². The molecule has 2 N–H and O–H groups in total. The number of rotatable bonds is 7. The Bertz CT molecular complexity index is 617. The zero-order valence-corrected chi connectivity index (χ0v) is 13.3. The Morgan fingerprint density at radius 2 is 1.91 bits per heavy atom. The number of hydrogen-bond acceptors (Lipinski definition) is 2. The lowest BCUT2D eigenvalue weighted by Gasteiger charge is -2.12. The van der Waals surface area contributed by atoms with Gasteiger partial charge in [0.25, 0.3) is 0 Å². The highest BCUT2D eigenvalue weighted by atomic mass is 19.1. The van der Waals surface area contributed by atoms with E-state index < -0.39 is 0 Å². The molecule has 0 radical (unpaired) electrons. The summed E-state index contributed by atoms with van der Waals surface area (Å²) in [7, 11) is 0. The Morgan fingerprint density at radius 1 is 1.09 bits per heavy atom. The van der Waals surface area contributed by atoms with Crippen molar-refractivity contribution in [2.45, 2.75) is 13.5 Å². The van der Waals surface area contributed by atoms with Crippen molar-refractivity contribution in [2.75, 3.05) is 19.7 Å². The van der Waals surface area contributed by atoms with Crippen molar-refractivity contribution in [2.24, 2.45) is 4.99 Å². The molecule has 0 saturated heterocycles. The molecule has 0 aliphatic rings. The van der Waals surface area contributed by atoms with Gasteiger partial charge in [0, 0.05) is 6.54 Å². The first-order chi connectivity index (χ1) is 11.3. The molecule has 0 saturated carbocycles. The molecule has 0 fully saturated rings. The van der Waals surface area contributed by atoms with Crippen molar-refractivity contribution in [3.63, 3.8) is 0 Å². The molecule has 23 heavy (non-hydrogen) atoms. The molecule has 0 bridgehead atoms. The largest absolute Gasteiger partial charge is 0.492 e. The van der Waals surface area contributed by atoms with Gasteiger partial charge in [-0.1, -0.05) is 30.3 Å². The summed E-state index contributed by atoms with van der Waals surface area (Å²) >= 11 is 0. The van der Waals surface area contributed by atoms with E-state index in [9.17, 15) is 4.39 Å². The maximum absolute atomic E-state index is 13.2. The Morgan fingerprint density at radius 3 is 2.65 bits per heavy atom. The van der Waals surface area contributed by atoms with Crippen molar-refractivity contribution >= 4 is 5.96 Å². The van der Waals surface area contributed by atoms with E-state index in [0.717, 1.165) is 17.9 Å². The van der Waals surface area contributed by atoms with E-state index in [-0.39, 0.29) is 5.82 Å². The van der Waals surface area contributed by atoms with Crippen LogP contribution in [-0.4, -0.2) is 25.7 Å². The summed E-state index contributed by atoms with van der Waals surface area (Å²) in [6.07, 6.45) is 0. The van der Waals surface area contributed by atoms with Crippen LogP contribution in [0.1, 0.15) is 12.5 Å². The van der Waals surface area contributed by atoms with E-state index in [1.165, 1.54) is 12.1 Å². The Labute approximate surface area is 136 Å². The van der Waals surface area contributed by atoms with Crippen LogP contribution in [0.3, 0.4) is 0 Å². The molecule has 2 rings (SSSR count). The predicted octanol–water partition coefficient (Wildman–Crippen LogP) is 2.96.